The molecule has 1 saturated carbocycles. The van der Waals surface area contributed by atoms with Crippen LogP contribution in [-0.4, -0.2) is 56.7 Å². The predicted octanol–water partition coefficient (Wildman–Crippen LogP) is 3.86. The fraction of sp³-hybridized carbons (Fsp3) is 0.483. The molecule has 214 valence electrons. The van der Waals surface area contributed by atoms with Crippen molar-refractivity contribution in [3.8, 4) is 23.1 Å². The summed E-state index contributed by atoms with van der Waals surface area (Å²) in [5, 5.41) is 25.5. The summed E-state index contributed by atoms with van der Waals surface area (Å²) in [5.41, 5.74) is 2.60. The van der Waals surface area contributed by atoms with E-state index in [1.807, 2.05) is 31.2 Å². The molecule has 1 fully saturated rings. The maximum absolute atomic E-state index is 11.6. The number of pyridine rings is 1. The van der Waals surface area contributed by atoms with Gasteiger partial charge in [-0.1, -0.05) is 30.1 Å². The number of hydrogen-bond donors (Lipinski definition) is 3. The number of carboxylic acids is 1. The van der Waals surface area contributed by atoms with Crippen LogP contribution in [0.1, 0.15) is 61.9 Å². The van der Waals surface area contributed by atoms with Crippen molar-refractivity contribution in [2.75, 3.05) is 13.2 Å². The van der Waals surface area contributed by atoms with Crippen LogP contribution in [0.15, 0.2) is 41.1 Å². The van der Waals surface area contributed by atoms with Gasteiger partial charge >= 0.3 is 5.97 Å². The van der Waals surface area contributed by atoms with Gasteiger partial charge in [0, 0.05) is 32.0 Å². The van der Waals surface area contributed by atoms with Crippen molar-refractivity contribution >= 4 is 11.9 Å². The zero-order valence-corrected chi connectivity index (χ0v) is 22.7. The summed E-state index contributed by atoms with van der Waals surface area (Å²) in [4.78, 5) is 31.0. The second-order valence-electron chi connectivity index (χ2n) is 10.0. The molecule has 3 aromatic rings. The molecule has 0 unspecified atom stereocenters. The normalized spacial score (nSPS) is 14.2. The van der Waals surface area contributed by atoms with Gasteiger partial charge in [0.15, 0.2) is 12.1 Å². The van der Waals surface area contributed by atoms with E-state index in [1.165, 1.54) is 25.7 Å². The zero-order chi connectivity index (χ0) is 28.3. The van der Waals surface area contributed by atoms with Crippen LogP contribution in [0.4, 0.5) is 0 Å². The Hall–Kier alpha value is -3.99. The van der Waals surface area contributed by atoms with Crippen molar-refractivity contribution in [2.24, 2.45) is 5.92 Å². The molecule has 1 atom stereocenters. The molecule has 11 heteroatoms. The Kier molecular flexibility index (Phi) is 10.4. The number of carbonyl (C=O) groups excluding carboxylic acids is 1. The number of nitrogens with one attached hydrogen (secondary N) is 1. The third-order valence-electron chi connectivity index (χ3n) is 6.82. The molecule has 1 aliphatic carbocycles. The van der Waals surface area contributed by atoms with Crippen LogP contribution in [-0.2, 0) is 22.4 Å². The summed E-state index contributed by atoms with van der Waals surface area (Å²) in [6.45, 7) is 2.71. The highest BCUT2D eigenvalue weighted by Gasteiger charge is 2.19. The molecule has 2 aromatic heterocycles. The number of ether oxygens (including phenoxy) is 2. The third-order valence-corrected chi connectivity index (χ3v) is 6.82. The van der Waals surface area contributed by atoms with Crippen molar-refractivity contribution in [2.45, 2.75) is 71.0 Å². The van der Waals surface area contributed by atoms with E-state index in [0.29, 0.717) is 54.3 Å². The quantitative estimate of drug-likeness (QED) is 0.237. The number of benzene rings is 1. The van der Waals surface area contributed by atoms with Crippen molar-refractivity contribution in [1.29, 1.82) is 0 Å². The number of rotatable bonds is 15. The number of aromatic nitrogens is 3. The number of aliphatic hydroxyl groups excluding tert-OH is 1. The highest BCUT2D eigenvalue weighted by atomic mass is 16.6. The largest absolute Gasteiger partial charge is 0.481 e. The Morgan fingerprint density at radius 2 is 2.00 bits per heavy atom. The second kappa shape index (κ2) is 14.4. The van der Waals surface area contributed by atoms with Crippen LogP contribution in [0.3, 0.4) is 0 Å². The molecular formula is C29H36N4O7. The van der Waals surface area contributed by atoms with Gasteiger partial charge in [0.05, 0.1) is 13.0 Å². The summed E-state index contributed by atoms with van der Waals surface area (Å²) in [6, 6.07) is 9.39. The molecule has 1 amide bonds. The summed E-state index contributed by atoms with van der Waals surface area (Å²) >= 11 is 0. The monoisotopic (exact) mass is 552 g/mol. The molecule has 2 heterocycles. The van der Waals surface area contributed by atoms with Gasteiger partial charge in [-0.25, -0.2) is 4.98 Å². The highest BCUT2D eigenvalue weighted by molar-refractivity contribution is 5.80. The minimum Gasteiger partial charge on any atom is -0.481 e. The van der Waals surface area contributed by atoms with Gasteiger partial charge < -0.3 is 29.5 Å². The number of carboxylic acid groups (broad SMARTS) is 1. The first-order valence-corrected chi connectivity index (χ1v) is 13.7. The number of aliphatic carboxylic acids is 1. The van der Waals surface area contributed by atoms with E-state index >= 15 is 0 Å². The molecule has 0 spiro atoms. The van der Waals surface area contributed by atoms with Gasteiger partial charge in [0.2, 0.25) is 11.8 Å². The Labute approximate surface area is 232 Å². The molecular weight excluding hydrogens is 516 g/mol. The standard InChI is InChI=1S/C29H36N4O7/c1-19-17-20(8-10-23(19)39-27(37)14-16-30-25(34)12-13-26(35)36)9-11-24-32-29(40-33-24)22-7-4-15-31-28(22)38-18-21-5-2-3-6-21/h4,7-8,10,15,17,21,27,37H,2-3,5-6,9,11-14,16,18H2,1H3,(H,30,34)(H,35,36)/t27-/m0/s1. The number of aryl methyl sites for hydroxylation is 3. The summed E-state index contributed by atoms with van der Waals surface area (Å²) < 4.78 is 17.1. The Balaban J connectivity index is 1.25. The lowest BCUT2D eigenvalue weighted by atomic mass is 10.1. The van der Waals surface area contributed by atoms with Gasteiger partial charge in [-0.05, 0) is 61.4 Å². The lowest BCUT2D eigenvalue weighted by molar-refractivity contribution is -0.138. The smallest absolute Gasteiger partial charge is 0.303 e. The Bertz CT molecular complexity index is 1270. The molecule has 0 saturated heterocycles. The van der Waals surface area contributed by atoms with E-state index in [9.17, 15) is 14.7 Å². The first kappa shape index (κ1) is 29.0. The molecule has 11 nitrogen and oxygen atoms in total. The maximum Gasteiger partial charge on any atom is 0.303 e. The molecule has 1 aliphatic rings. The van der Waals surface area contributed by atoms with Crippen molar-refractivity contribution < 1.29 is 33.8 Å². The van der Waals surface area contributed by atoms with Crippen molar-refractivity contribution in [3.63, 3.8) is 0 Å². The first-order chi connectivity index (χ1) is 19.4. The zero-order valence-electron chi connectivity index (χ0n) is 22.7. The average molecular weight is 553 g/mol. The average Bonchev–Trinajstić information content (AvgIpc) is 3.64. The number of hydrogen-bond acceptors (Lipinski definition) is 9. The third kappa shape index (κ3) is 8.77. The van der Waals surface area contributed by atoms with Crippen LogP contribution in [0.2, 0.25) is 0 Å². The first-order valence-electron chi connectivity index (χ1n) is 13.7. The van der Waals surface area contributed by atoms with Gasteiger partial charge in [0.1, 0.15) is 11.3 Å². The van der Waals surface area contributed by atoms with Crippen molar-refractivity contribution in [1.82, 2.24) is 20.4 Å². The lowest BCUT2D eigenvalue weighted by Crippen LogP contribution is -2.29. The molecule has 4 rings (SSSR count). The maximum atomic E-state index is 11.6. The lowest BCUT2D eigenvalue weighted by Gasteiger charge is -2.16. The summed E-state index contributed by atoms with van der Waals surface area (Å²) in [5.74, 6) is 1.18. The van der Waals surface area contributed by atoms with Gasteiger partial charge in [-0.2, -0.15) is 4.98 Å². The minimum atomic E-state index is -1.11. The summed E-state index contributed by atoms with van der Waals surface area (Å²) in [7, 11) is 0. The highest BCUT2D eigenvalue weighted by Crippen LogP contribution is 2.30. The van der Waals surface area contributed by atoms with E-state index in [2.05, 4.69) is 20.4 Å². The fourth-order valence-electron chi connectivity index (χ4n) is 4.61. The van der Waals surface area contributed by atoms with Crippen molar-refractivity contribution in [3.05, 3.63) is 53.5 Å². The Morgan fingerprint density at radius 3 is 2.77 bits per heavy atom. The molecule has 0 radical (unpaired) electrons. The molecule has 1 aromatic carbocycles. The van der Waals surface area contributed by atoms with E-state index in [-0.39, 0.29) is 31.7 Å². The van der Waals surface area contributed by atoms with E-state index in [0.717, 1.165) is 11.1 Å². The van der Waals surface area contributed by atoms with Gasteiger partial charge in [-0.3, -0.25) is 9.59 Å². The Morgan fingerprint density at radius 1 is 1.18 bits per heavy atom. The molecule has 0 aliphatic heterocycles. The number of aliphatic hydroxyl groups is 1. The van der Waals surface area contributed by atoms with E-state index in [1.54, 1.807) is 12.3 Å². The van der Waals surface area contributed by atoms with Crippen LogP contribution in [0.5, 0.6) is 11.6 Å². The SMILES string of the molecule is Cc1cc(CCc2noc(-c3cccnc3OCC3CCCC3)n2)ccc1O[C@H](O)CCNC(=O)CCC(=O)O. The number of nitrogens with zero attached hydrogens (tertiary/aromatic N) is 3. The fourth-order valence-corrected chi connectivity index (χ4v) is 4.61. The molecule has 40 heavy (non-hydrogen) atoms. The predicted molar refractivity (Wildman–Crippen MR) is 145 cm³/mol. The van der Waals surface area contributed by atoms with Crippen LogP contribution in [0, 0.1) is 12.8 Å². The topological polar surface area (TPSA) is 157 Å². The number of carbonyl (C=O) groups is 2. The van der Waals surface area contributed by atoms with Crippen LogP contribution < -0.4 is 14.8 Å². The molecule has 3 N–H and O–H groups in total. The number of amides is 1. The second-order valence-corrected chi connectivity index (χ2v) is 10.0. The summed E-state index contributed by atoms with van der Waals surface area (Å²) in [6.07, 6.45) is 6.58. The van der Waals surface area contributed by atoms with E-state index < -0.39 is 12.3 Å². The molecule has 0 bridgehead atoms. The van der Waals surface area contributed by atoms with Gasteiger partial charge in [-0.15, -0.1) is 0 Å². The van der Waals surface area contributed by atoms with E-state index in [4.69, 9.17) is 19.1 Å². The van der Waals surface area contributed by atoms with Gasteiger partial charge in [0.25, 0.3) is 5.89 Å². The van der Waals surface area contributed by atoms with Crippen LogP contribution >= 0.6 is 0 Å². The van der Waals surface area contributed by atoms with Crippen LogP contribution in [0.25, 0.3) is 11.5 Å². The minimum absolute atomic E-state index is 0.0999.